The van der Waals surface area contributed by atoms with Gasteiger partial charge < -0.3 is 5.73 Å². The predicted molar refractivity (Wildman–Crippen MR) is 85.6 cm³/mol. The average Bonchev–Trinajstić information content (AvgIpc) is 2.52. The Bertz CT molecular complexity index is 572. The van der Waals surface area contributed by atoms with Crippen LogP contribution in [0.15, 0.2) is 54.6 Å². The second kappa shape index (κ2) is 5.06. The highest BCUT2D eigenvalue weighted by Crippen LogP contribution is 2.53. The Hall–Kier alpha value is -1.60. The van der Waals surface area contributed by atoms with E-state index in [-0.39, 0.29) is 5.41 Å². The maximum absolute atomic E-state index is 6.22. The van der Waals surface area contributed by atoms with Crippen LogP contribution in [0.5, 0.6) is 0 Å². The van der Waals surface area contributed by atoms with Gasteiger partial charge in [-0.1, -0.05) is 68.4 Å². The first kappa shape index (κ1) is 13.4. The molecule has 2 N–H and O–H groups in total. The highest BCUT2D eigenvalue weighted by Gasteiger charge is 2.48. The molecule has 0 saturated heterocycles. The third kappa shape index (κ3) is 2.06. The summed E-state index contributed by atoms with van der Waals surface area (Å²) in [5.74, 6) is 0.618. The average molecular weight is 265 g/mol. The zero-order valence-corrected chi connectivity index (χ0v) is 12.3. The number of hydrogen-bond acceptors (Lipinski definition) is 1. The van der Waals surface area contributed by atoms with E-state index in [1.54, 1.807) is 0 Å². The summed E-state index contributed by atoms with van der Waals surface area (Å²) < 4.78 is 0. The summed E-state index contributed by atoms with van der Waals surface area (Å²) in [6.45, 7) is 4.58. The van der Waals surface area contributed by atoms with Crippen molar-refractivity contribution in [1.82, 2.24) is 0 Å². The summed E-state index contributed by atoms with van der Waals surface area (Å²) >= 11 is 0. The third-order valence-electron chi connectivity index (χ3n) is 5.31. The zero-order chi connectivity index (χ0) is 14.2. The Balaban J connectivity index is 1.84. The van der Waals surface area contributed by atoms with Gasteiger partial charge in [0.2, 0.25) is 0 Å². The lowest BCUT2D eigenvalue weighted by atomic mass is 9.54. The largest absolute Gasteiger partial charge is 0.327 e. The van der Waals surface area contributed by atoms with Crippen molar-refractivity contribution in [3.63, 3.8) is 0 Å². The minimum absolute atomic E-state index is 0.272. The summed E-state index contributed by atoms with van der Waals surface area (Å²) in [4.78, 5) is 0. The van der Waals surface area contributed by atoms with Crippen LogP contribution in [0.25, 0.3) is 11.1 Å². The van der Waals surface area contributed by atoms with Gasteiger partial charge >= 0.3 is 0 Å². The fourth-order valence-electron chi connectivity index (χ4n) is 3.45. The van der Waals surface area contributed by atoms with Crippen molar-refractivity contribution in [3.8, 4) is 11.1 Å². The van der Waals surface area contributed by atoms with Crippen LogP contribution in [0.2, 0.25) is 0 Å². The van der Waals surface area contributed by atoms with Gasteiger partial charge in [0.05, 0.1) is 0 Å². The van der Waals surface area contributed by atoms with E-state index in [1.165, 1.54) is 16.7 Å². The van der Waals surface area contributed by atoms with E-state index >= 15 is 0 Å². The molecule has 1 aliphatic rings. The Labute approximate surface area is 121 Å². The van der Waals surface area contributed by atoms with E-state index in [2.05, 4.69) is 68.4 Å². The van der Waals surface area contributed by atoms with Crippen molar-refractivity contribution in [2.24, 2.45) is 11.1 Å². The molecule has 3 atom stereocenters. The second-order valence-corrected chi connectivity index (χ2v) is 6.24. The molecule has 3 rings (SSSR count). The van der Waals surface area contributed by atoms with Crippen LogP contribution in [0.3, 0.4) is 0 Å². The number of nitrogens with two attached hydrogens (primary N) is 1. The van der Waals surface area contributed by atoms with Crippen LogP contribution >= 0.6 is 0 Å². The van der Waals surface area contributed by atoms with Crippen molar-refractivity contribution in [2.45, 2.75) is 38.6 Å². The molecule has 2 aromatic rings. The third-order valence-corrected chi connectivity index (χ3v) is 5.31. The summed E-state index contributed by atoms with van der Waals surface area (Å²) in [6.07, 6.45) is 2.27. The summed E-state index contributed by atoms with van der Waals surface area (Å²) in [6, 6.07) is 19.9. The van der Waals surface area contributed by atoms with Crippen LogP contribution in [0.4, 0.5) is 0 Å². The molecule has 1 aliphatic carbocycles. The van der Waals surface area contributed by atoms with Crippen molar-refractivity contribution in [2.75, 3.05) is 0 Å². The van der Waals surface area contributed by atoms with E-state index in [0.29, 0.717) is 12.0 Å². The van der Waals surface area contributed by atoms with Crippen LogP contribution in [-0.4, -0.2) is 6.04 Å². The fourth-order valence-corrected chi connectivity index (χ4v) is 3.45. The summed E-state index contributed by atoms with van der Waals surface area (Å²) in [7, 11) is 0. The van der Waals surface area contributed by atoms with Gasteiger partial charge in [-0.3, -0.25) is 0 Å². The highest BCUT2D eigenvalue weighted by molar-refractivity contribution is 5.63. The standard InChI is InChI=1S/C19H23N/c1-3-19(2)17(13-18(19)20)16-11-9-15(10-12-16)14-7-5-4-6-8-14/h4-12,17-18H,3,13,20H2,1-2H3. The molecule has 1 fully saturated rings. The van der Waals surface area contributed by atoms with E-state index in [1.807, 2.05) is 0 Å². The lowest BCUT2D eigenvalue weighted by Crippen LogP contribution is -2.54. The topological polar surface area (TPSA) is 26.0 Å². The smallest absolute Gasteiger partial charge is 0.0105 e. The fraction of sp³-hybridized carbons (Fsp3) is 0.368. The van der Waals surface area contributed by atoms with Gasteiger partial charge in [-0.05, 0) is 40.9 Å². The molecule has 3 unspecified atom stereocenters. The molecule has 0 radical (unpaired) electrons. The lowest BCUT2D eigenvalue weighted by molar-refractivity contribution is 0.0706. The van der Waals surface area contributed by atoms with Gasteiger partial charge in [0, 0.05) is 6.04 Å². The first-order chi connectivity index (χ1) is 9.65. The normalized spacial score (nSPS) is 28.9. The Morgan fingerprint density at radius 3 is 2.15 bits per heavy atom. The molecular formula is C19H23N. The minimum Gasteiger partial charge on any atom is -0.327 e. The lowest BCUT2D eigenvalue weighted by Gasteiger charge is -2.53. The quantitative estimate of drug-likeness (QED) is 0.863. The minimum atomic E-state index is 0.272. The molecule has 0 aliphatic heterocycles. The molecule has 104 valence electrons. The van der Waals surface area contributed by atoms with Gasteiger partial charge in [0.1, 0.15) is 0 Å². The van der Waals surface area contributed by atoms with Gasteiger partial charge in [0.25, 0.3) is 0 Å². The first-order valence-corrected chi connectivity index (χ1v) is 7.56. The molecule has 1 saturated carbocycles. The Kier molecular flexibility index (Phi) is 3.39. The van der Waals surface area contributed by atoms with Crippen molar-refractivity contribution in [1.29, 1.82) is 0 Å². The van der Waals surface area contributed by atoms with Crippen molar-refractivity contribution in [3.05, 3.63) is 60.2 Å². The molecule has 2 aromatic carbocycles. The van der Waals surface area contributed by atoms with Gasteiger partial charge in [0.15, 0.2) is 0 Å². The van der Waals surface area contributed by atoms with Crippen molar-refractivity contribution < 1.29 is 0 Å². The molecule has 1 heteroatoms. The van der Waals surface area contributed by atoms with Gasteiger partial charge in [-0.15, -0.1) is 0 Å². The van der Waals surface area contributed by atoms with Crippen molar-refractivity contribution >= 4 is 0 Å². The number of benzene rings is 2. The van der Waals surface area contributed by atoms with E-state index in [4.69, 9.17) is 5.73 Å². The molecule has 0 heterocycles. The van der Waals surface area contributed by atoms with Crippen LogP contribution in [-0.2, 0) is 0 Å². The van der Waals surface area contributed by atoms with Crippen LogP contribution in [0, 0.1) is 5.41 Å². The molecule has 0 spiro atoms. The summed E-state index contributed by atoms with van der Waals surface area (Å²) in [5.41, 5.74) is 10.5. The Morgan fingerprint density at radius 1 is 1.00 bits per heavy atom. The Morgan fingerprint density at radius 2 is 1.60 bits per heavy atom. The second-order valence-electron chi connectivity index (χ2n) is 6.24. The zero-order valence-electron chi connectivity index (χ0n) is 12.3. The predicted octanol–water partition coefficient (Wildman–Crippen LogP) is 4.58. The van der Waals surface area contributed by atoms with Gasteiger partial charge in [-0.25, -0.2) is 0 Å². The highest BCUT2D eigenvalue weighted by atomic mass is 14.8. The van der Waals surface area contributed by atoms with E-state index in [9.17, 15) is 0 Å². The molecule has 1 nitrogen and oxygen atoms in total. The molecule has 0 aromatic heterocycles. The maximum atomic E-state index is 6.22. The number of hydrogen-bond donors (Lipinski definition) is 1. The molecule has 20 heavy (non-hydrogen) atoms. The molecular weight excluding hydrogens is 242 g/mol. The van der Waals surface area contributed by atoms with Crippen LogP contribution < -0.4 is 5.73 Å². The summed E-state index contributed by atoms with van der Waals surface area (Å²) in [5, 5.41) is 0. The maximum Gasteiger partial charge on any atom is 0.0105 e. The SMILES string of the molecule is CCC1(C)C(N)CC1c1ccc(-c2ccccc2)cc1. The van der Waals surface area contributed by atoms with Gasteiger partial charge in [-0.2, -0.15) is 0 Å². The number of rotatable bonds is 3. The monoisotopic (exact) mass is 265 g/mol. The van der Waals surface area contributed by atoms with E-state index < -0.39 is 0 Å². The first-order valence-electron chi connectivity index (χ1n) is 7.56. The molecule has 0 amide bonds. The van der Waals surface area contributed by atoms with E-state index in [0.717, 1.165) is 12.8 Å². The van der Waals surface area contributed by atoms with Crippen LogP contribution in [0.1, 0.15) is 38.2 Å². The molecule has 0 bridgehead atoms.